The molecule has 0 radical (unpaired) electrons. The van der Waals surface area contributed by atoms with Crippen LogP contribution in [-0.4, -0.2) is 28.1 Å². The molecule has 2 nitrogen and oxygen atoms in total. The van der Waals surface area contributed by atoms with Gasteiger partial charge in [-0.15, -0.1) is 0 Å². The molecule has 0 atom stereocenters. The summed E-state index contributed by atoms with van der Waals surface area (Å²) in [6, 6.07) is 1.21. The normalized spacial score (nSPS) is 12.4. The lowest BCUT2D eigenvalue weighted by molar-refractivity contribution is 0.109. The molecule has 0 bridgehead atoms. The Kier molecular flexibility index (Phi) is 7.50. The van der Waals surface area contributed by atoms with Crippen molar-refractivity contribution in [1.29, 1.82) is 0 Å². The van der Waals surface area contributed by atoms with Crippen molar-refractivity contribution in [2.75, 3.05) is 19.8 Å². The molecule has 0 N–H and O–H groups in total. The van der Waals surface area contributed by atoms with Gasteiger partial charge in [-0.2, -0.15) is 0 Å². The molecule has 0 fully saturated rings. The van der Waals surface area contributed by atoms with E-state index >= 15 is 0 Å². The fourth-order valence-corrected chi connectivity index (χ4v) is 3.30. The van der Waals surface area contributed by atoms with E-state index < -0.39 is 8.32 Å². The van der Waals surface area contributed by atoms with E-state index in [1.807, 2.05) is 0 Å². The summed E-state index contributed by atoms with van der Waals surface area (Å²) in [6.45, 7) is 13.6. The first-order valence-electron chi connectivity index (χ1n) is 5.69. The van der Waals surface area contributed by atoms with Gasteiger partial charge in [-0.3, -0.25) is 0 Å². The van der Waals surface area contributed by atoms with Crippen molar-refractivity contribution in [1.82, 2.24) is 0 Å². The van der Waals surface area contributed by atoms with Gasteiger partial charge in [-0.25, -0.2) is 0 Å². The van der Waals surface area contributed by atoms with Crippen LogP contribution in [0, 0.1) is 5.92 Å². The van der Waals surface area contributed by atoms with E-state index in [1.54, 1.807) is 0 Å². The highest BCUT2D eigenvalue weighted by molar-refractivity contribution is 6.71. The minimum absolute atomic E-state index is 0.646. The summed E-state index contributed by atoms with van der Waals surface area (Å²) in [5.74, 6) is 0.646. The van der Waals surface area contributed by atoms with E-state index in [1.165, 1.54) is 6.04 Å². The van der Waals surface area contributed by atoms with Crippen LogP contribution in [0.3, 0.4) is 0 Å². The topological polar surface area (TPSA) is 18.5 Å². The zero-order valence-electron chi connectivity index (χ0n) is 10.4. The van der Waals surface area contributed by atoms with Gasteiger partial charge in [-0.1, -0.05) is 13.8 Å². The second kappa shape index (κ2) is 7.43. The number of hydrogen-bond acceptors (Lipinski definition) is 2. The molecule has 0 heterocycles. The van der Waals surface area contributed by atoms with Gasteiger partial charge < -0.3 is 9.16 Å². The van der Waals surface area contributed by atoms with E-state index in [0.29, 0.717) is 5.92 Å². The zero-order chi connectivity index (χ0) is 11.0. The summed E-state index contributed by atoms with van der Waals surface area (Å²) in [5, 5.41) is 0. The average molecular weight is 218 g/mol. The number of rotatable bonds is 8. The van der Waals surface area contributed by atoms with Gasteiger partial charge in [0.25, 0.3) is 0 Å². The van der Waals surface area contributed by atoms with Crippen molar-refractivity contribution in [3.63, 3.8) is 0 Å². The maximum Gasteiger partial charge on any atom is 0.186 e. The molecule has 0 spiro atoms. The predicted molar refractivity (Wildman–Crippen MR) is 64.2 cm³/mol. The minimum Gasteiger partial charge on any atom is -0.418 e. The van der Waals surface area contributed by atoms with Crippen molar-refractivity contribution in [3.8, 4) is 0 Å². The molecule has 0 saturated carbocycles. The lowest BCUT2D eigenvalue weighted by Gasteiger charge is -2.21. The van der Waals surface area contributed by atoms with E-state index in [0.717, 1.165) is 26.2 Å². The maximum atomic E-state index is 5.74. The van der Waals surface area contributed by atoms with Crippen LogP contribution >= 0.6 is 0 Å². The largest absolute Gasteiger partial charge is 0.418 e. The molecule has 0 amide bonds. The molecule has 0 unspecified atom stereocenters. The summed E-state index contributed by atoms with van der Waals surface area (Å²) < 4.78 is 11.3. The molecular formula is C11H26O2Si. The van der Waals surface area contributed by atoms with E-state index in [4.69, 9.17) is 9.16 Å². The maximum absolute atomic E-state index is 5.74. The summed E-state index contributed by atoms with van der Waals surface area (Å²) in [5.41, 5.74) is 0. The molecule has 0 aromatic carbocycles. The molecule has 0 aliphatic heterocycles. The van der Waals surface area contributed by atoms with E-state index in [-0.39, 0.29) is 0 Å². The Labute approximate surface area is 90.1 Å². The molecule has 3 heteroatoms. The smallest absolute Gasteiger partial charge is 0.186 e. The average Bonchev–Trinajstić information content (AvgIpc) is 2.02. The van der Waals surface area contributed by atoms with Crippen LogP contribution in [-0.2, 0) is 9.16 Å². The van der Waals surface area contributed by atoms with E-state index in [9.17, 15) is 0 Å². The van der Waals surface area contributed by atoms with Crippen LogP contribution in [0.1, 0.15) is 27.2 Å². The van der Waals surface area contributed by atoms with Gasteiger partial charge in [0, 0.05) is 19.8 Å². The highest BCUT2D eigenvalue weighted by atomic mass is 28.4. The molecule has 0 rings (SSSR count). The fraction of sp³-hybridized carbons (Fsp3) is 1.00. The monoisotopic (exact) mass is 218 g/mol. The van der Waals surface area contributed by atoms with Gasteiger partial charge >= 0.3 is 0 Å². The third-order valence-electron chi connectivity index (χ3n) is 2.05. The molecule has 0 aromatic rings. The summed E-state index contributed by atoms with van der Waals surface area (Å²) in [7, 11) is -1.36. The standard InChI is InChI=1S/C11H26O2Si/c1-6-13-14(4,5)9-7-8-12-10-11(2)3/h11H,6-10H2,1-5H3. The van der Waals surface area contributed by atoms with Gasteiger partial charge in [0.2, 0.25) is 0 Å². The molecule has 86 valence electrons. The van der Waals surface area contributed by atoms with Crippen molar-refractivity contribution in [2.45, 2.75) is 46.3 Å². The number of hydrogen-bond donors (Lipinski definition) is 0. The molecular weight excluding hydrogens is 192 g/mol. The molecule has 0 aliphatic rings. The predicted octanol–water partition coefficient (Wildman–Crippen LogP) is 3.29. The van der Waals surface area contributed by atoms with Gasteiger partial charge in [0.1, 0.15) is 0 Å². The highest BCUT2D eigenvalue weighted by Crippen LogP contribution is 2.13. The number of ether oxygens (including phenoxy) is 1. The van der Waals surface area contributed by atoms with Crippen molar-refractivity contribution < 1.29 is 9.16 Å². The molecule has 0 saturated heterocycles. The summed E-state index contributed by atoms with van der Waals surface area (Å²) >= 11 is 0. The van der Waals surface area contributed by atoms with Gasteiger partial charge in [-0.05, 0) is 38.4 Å². The quantitative estimate of drug-likeness (QED) is 0.460. The van der Waals surface area contributed by atoms with Crippen LogP contribution in [0.25, 0.3) is 0 Å². The van der Waals surface area contributed by atoms with Crippen LogP contribution in [0.4, 0.5) is 0 Å². The van der Waals surface area contributed by atoms with Gasteiger partial charge in [0.05, 0.1) is 0 Å². The summed E-state index contributed by atoms with van der Waals surface area (Å²) in [4.78, 5) is 0. The zero-order valence-corrected chi connectivity index (χ0v) is 11.4. The Morgan fingerprint density at radius 1 is 1.21 bits per heavy atom. The third kappa shape index (κ3) is 8.72. The minimum atomic E-state index is -1.36. The van der Waals surface area contributed by atoms with Crippen LogP contribution in [0.15, 0.2) is 0 Å². The van der Waals surface area contributed by atoms with Crippen LogP contribution in [0.5, 0.6) is 0 Å². The van der Waals surface area contributed by atoms with Crippen LogP contribution in [0.2, 0.25) is 19.1 Å². The first-order chi connectivity index (χ1) is 6.48. The Hall–Kier alpha value is 0.137. The van der Waals surface area contributed by atoms with Crippen LogP contribution < -0.4 is 0 Å². The molecule has 14 heavy (non-hydrogen) atoms. The Morgan fingerprint density at radius 3 is 2.36 bits per heavy atom. The Balaban J connectivity index is 3.34. The lowest BCUT2D eigenvalue weighted by Crippen LogP contribution is -2.30. The first kappa shape index (κ1) is 14.1. The molecule has 0 aromatic heterocycles. The second-order valence-electron chi connectivity index (χ2n) is 4.77. The Morgan fingerprint density at radius 2 is 1.86 bits per heavy atom. The van der Waals surface area contributed by atoms with E-state index in [2.05, 4.69) is 33.9 Å². The first-order valence-corrected chi connectivity index (χ1v) is 8.81. The highest BCUT2D eigenvalue weighted by Gasteiger charge is 2.20. The molecule has 0 aliphatic carbocycles. The fourth-order valence-electron chi connectivity index (χ4n) is 1.38. The SMILES string of the molecule is CCO[Si](C)(C)CCCOCC(C)C. The van der Waals surface area contributed by atoms with Crippen molar-refractivity contribution in [3.05, 3.63) is 0 Å². The van der Waals surface area contributed by atoms with Gasteiger partial charge in [0.15, 0.2) is 8.32 Å². The third-order valence-corrected chi connectivity index (χ3v) is 4.68. The second-order valence-corrected chi connectivity index (χ2v) is 9.07. The summed E-state index contributed by atoms with van der Waals surface area (Å²) in [6.07, 6.45) is 1.14. The Bertz CT molecular complexity index is 135. The van der Waals surface area contributed by atoms with Crippen molar-refractivity contribution >= 4 is 8.32 Å². The van der Waals surface area contributed by atoms with Crippen molar-refractivity contribution in [2.24, 2.45) is 5.92 Å². The lowest BCUT2D eigenvalue weighted by atomic mass is 10.2.